The molecule has 0 aromatic carbocycles. The van der Waals surface area contributed by atoms with Gasteiger partial charge >= 0.3 is 0 Å². The minimum atomic E-state index is 0.453. The summed E-state index contributed by atoms with van der Waals surface area (Å²) < 4.78 is 5.80. The minimum absolute atomic E-state index is 0.453. The average molecular weight is 256 g/mol. The topological polar surface area (TPSA) is 24.5 Å². The van der Waals surface area contributed by atoms with Crippen LogP contribution < -0.4 is 5.32 Å². The molecule has 0 spiro atoms. The monoisotopic (exact) mass is 256 g/mol. The second-order valence-electron chi connectivity index (χ2n) is 6.26. The van der Waals surface area contributed by atoms with Crippen molar-refractivity contribution in [3.05, 3.63) is 0 Å². The summed E-state index contributed by atoms with van der Waals surface area (Å²) in [5.74, 6) is 0.640. The van der Waals surface area contributed by atoms with Crippen LogP contribution in [-0.4, -0.2) is 49.8 Å². The molecule has 0 radical (unpaired) electrons. The van der Waals surface area contributed by atoms with Gasteiger partial charge in [-0.25, -0.2) is 0 Å². The van der Waals surface area contributed by atoms with E-state index in [4.69, 9.17) is 4.74 Å². The molecule has 1 aliphatic rings. The van der Waals surface area contributed by atoms with Gasteiger partial charge in [-0.2, -0.15) is 0 Å². The molecule has 1 heterocycles. The molecule has 0 saturated carbocycles. The van der Waals surface area contributed by atoms with Crippen LogP contribution in [0.5, 0.6) is 0 Å². The van der Waals surface area contributed by atoms with E-state index in [-0.39, 0.29) is 0 Å². The maximum atomic E-state index is 5.80. The van der Waals surface area contributed by atoms with Crippen LogP contribution in [0.4, 0.5) is 0 Å². The number of rotatable bonds is 7. The van der Waals surface area contributed by atoms with Gasteiger partial charge in [-0.05, 0) is 59.2 Å². The Labute approximate surface area is 113 Å². The third kappa shape index (κ3) is 5.68. The van der Waals surface area contributed by atoms with Gasteiger partial charge in [0.25, 0.3) is 0 Å². The van der Waals surface area contributed by atoms with E-state index in [1.54, 1.807) is 0 Å². The van der Waals surface area contributed by atoms with Crippen LogP contribution in [0.15, 0.2) is 0 Å². The van der Waals surface area contributed by atoms with E-state index >= 15 is 0 Å². The highest BCUT2D eigenvalue weighted by molar-refractivity contribution is 4.78. The Morgan fingerprint density at radius 3 is 2.61 bits per heavy atom. The van der Waals surface area contributed by atoms with E-state index in [1.807, 2.05) is 0 Å². The number of ether oxygens (including phenoxy) is 1. The molecule has 3 nitrogen and oxygen atoms in total. The van der Waals surface area contributed by atoms with E-state index in [1.165, 1.54) is 25.8 Å². The minimum Gasteiger partial charge on any atom is -0.378 e. The molecule has 1 saturated heterocycles. The van der Waals surface area contributed by atoms with Gasteiger partial charge in [0, 0.05) is 18.7 Å². The molecule has 0 aromatic rings. The Morgan fingerprint density at radius 1 is 1.28 bits per heavy atom. The Hall–Kier alpha value is -0.120. The van der Waals surface area contributed by atoms with Crippen molar-refractivity contribution in [3.63, 3.8) is 0 Å². The Kier molecular flexibility index (Phi) is 7.20. The first kappa shape index (κ1) is 15.9. The van der Waals surface area contributed by atoms with Gasteiger partial charge in [-0.1, -0.05) is 13.8 Å². The second kappa shape index (κ2) is 8.13. The molecule has 0 amide bonds. The molecule has 1 rings (SSSR count). The summed E-state index contributed by atoms with van der Waals surface area (Å²) in [6, 6.07) is 1.31. The molecule has 0 aromatic heterocycles. The van der Waals surface area contributed by atoms with Crippen molar-refractivity contribution >= 4 is 0 Å². The highest BCUT2D eigenvalue weighted by atomic mass is 16.5. The first-order valence-corrected chi connectivity index (χ1v) is 7.56. The lowest BCUT2D eigenvalue weighted by Gasteiger charge is -2.32. The van der Waals surface area contributed by atoms with Crippen molar-refractivity contribution in [3.8, 4) is 0 Å². The first-order valence-electron chi connectivity index (χ1n) is 7.56. The summed E-state index contributed by atoms with van der Waals surface area (Å²) in [6.07, 6.45) is 4.04. The Balaban J connectivity index is 2.12. The van der Waals surface area contributed by atoms with E-state index in [0.29, 0.717) is 24.1 Å². The van der Waals surface area contributed by atoms with Crippen LogP contribution in [0.1, 0.15) is 47.0 Å². The Morgan fingerprint density at radius 2 is 2.00 bits per heavy atom. The number of nitrogens with zero attached hydrogens (tertiary/aromatic N) is 1. The SMILES string of the molecule is CC(C)C1CC(NCCCN(C)C(C)C)CCO1. The van der Waals surface area contributed by atoms with Crippen molar-refractivity contribution in [2.75, 3.05) is 26.7 Å². The van der Waals surface area contributed by atoms with Gasteiger partial charge in [-0.3, -0.25) is 0 Å². The highest BCUT2D eigenvalue weighted by Crippen LogP contribution is 2.20. The van der Waals surface area contributed by atoms with Crippen molar-refractivity contribution in [1.82, 2.24) is 10.2 Å². The molecule has 108 valence electrons. The molecular formula is C15H32N2O. The van der Waals surface area contributed by atoms with Crippen molar-refractivity contribution < 1.29 is 4.74 Å². The lowest BCUT2D eigenvalue weighted by molar-refractivity contribution is -0.0243. The highest BCUT2D eigenvalue weighted by Gasteiger charge is 2.24. The van der Waals surface area contributed by atoms with Gasteiger partial charge in [0.1, 0.15) is 0 Å². The zero-order valence-corrected chi connectivity index (χ0v) is 12.9. The number of hydrogen-bond acceptors (Lipinski definition) is 3. The van der Waals surface area contributed by atoms with Gasteiger partial charge in [0.2, 0.25) is 0 Å². The van der Waals surface area contributed by atoms with Crippen LogP contribution in [0.3, 0.4) is 0 Å². The van der Waals surface area contributed by atoms with E-state index < -0.39 is 0 Å². The summed E-state index contributed by atoms with van der Waals surface area (Å²) >= 11 is 0. The summed E-state index contributed by atoms with van der Waals surface area (Å²) in [4.78, 5) is 2.41. The van der Waals surface area contributed by atoms with Crippen LogP contribution in [0, 0.1) is 5.92 Å². The van der Waals surface area contributed by atoms with Crippen LogP contribution in [0.25, 0.3) is 0 Å². The fourth-order valence-corrected chi connectivity index (χ4v) is 2.37. The fraction of sp³-hybridized carbons (Fsp3) is 1.00. The van der Waals surface area contributed by atoms with E-state index in [0.717, 1.165) is 13.2 Å². The molecule has 1 aliphatic heterocycles. The van der Waals surface area contributed by atoms with Crippen LogP contribution >= 0.6 is 0 Å². The van der Waals surface area contributed by atoms with Gasteiger partial charge in [0.05, 0.1) is 6.10 Å². The van der Waals surface area contributed by atoms with E-state index in [9.17, 15) is 0 Å². The fourth-order valence-electron chi connectivity index (χ4n) is 2.37. The molecule has 2 unspecified atom stereocenters. The lowest BCUT2D eigenvalue weighted by atomic mass is 9.95. The largest absolute Gasteiger partial charge is 0.378 e. The predicted octanol–water partition coefficient (Wildman–Crippen LogP) is 2.51. The molecule has 0 aliphatic carbocycles. The molecule has 1 fully saturated rings. The first-order chi connectivity index (χ1) is 8.50. The maximum absolute atomic E-state index is 5.80. The molecule has 18 heavy (non-hydrogen) atoms. The van der Waals surface area contributed by atoms with Gasteiger partial charge in [0.15, 0.2) is 0 Å². The van der Waals surface area contributed by atoms with Crippen molar-refractivity contribution in [2.45, 2.75) is 65.1 Å². The summed E-state index contributed by atoms with van der Waals surface area (Å²) in [5, 5.41) is 3.69. The normalized spacial score (nSPS) is 25.3. The number of hydrogen-bond donors (Lipinski definition) is 1. The number of nitrogens with one attached hydrogen (secondary N) is 1. The average Bonchev–Trinajstić information content (AvgIpc) is 2.34. The molecule has 2 atom stereocenters. The van der Waals surface area contributed by atoms with Crippen molar-refractivity contribution in [2.24, 2.45) is 5.92 Å². The smallest absolute Gasteiger partial charge is 0.0612 e. The molecular weight excluding hydrogens is 224 g/mol. The predicted molar refractivity (Wildman–Crippen MR) is 78.0 cm³/mol. The van der Waals surface area contributed by atoms with Crippen LogP contribution in [-0.2, 0) is 4.74 Å². The van der Waals surface area contributed by atoms with Gasteiger partial charge in [-0.15, -0.1) is 0 Å². The summed E-state index contributed by atoms with van der Waals surface area (Å²) in [5.41, 5.74) is 0. The van der Waals surface area contributed by atoms with E-state index in [2.05, 4.69) is 45.0 Å². The van der Waals surface area contributed by atoms with Crippen molar-refractivity contribution in [1.29, 1.82) is 0 Å². The Bertz CT molecular complexity index is 219. The zero-order chi connectivity index (χ0) is 13.5. The zero-order valence-electron chi connectivity index (χ0n) is 12.9. The summed E-state index contributed by atoms with van der Waals surface area (Å²) in [7, 11) is 2.20. The quantitative estimate of drug-likeness (QED) is 0.708. The lowest BCUT2D eigenvalue weighted by Crippen LogP contribution is -2.41. The third-order valence-corrected chi connectivity index (χ3v) is 4.06. The maximum Gasteiger partial charge on any atom is 0.0612 e. The van der Waals surface area contributed by atoms with Gasteiger partial charge < -0.3 is 15.0 Å². The molecule has 3 heteroatoms. The molecule has 1 N–H and O–H groups in total. The molecule has 0 bridgehead atoms. The third-order valence-electron chi connectivity index (χ3n) is 4.06. The van der Waals surface area contributed by atoms with Crippen LogP contribution in [0.2, 0.25) is 0 Å². The second-order valence-corrected chi connectivity index (χ2v) is 6.26. The standard InChI is InChI=1S/C15H32N2O/c1-12(2)15-11-14(7-10-18-15)16-8-6-9-17(5)13(3)4/h12-16H,6-11H2,1-5H3. The summed E-state index contributed by atoms with van der Waals surface area (Å²) in [6.45, 7) is 12.2.